The molecule has 282 valence electrons. The lowest BCUT2D eigenvalue weighted by Crippen LogP contribution is -2.19. The first kappa shape index (κ1) is 39.9. The first-order valence-electron chi connectivity index (χ1n) is 18.5. The molecule has 7 nitrogen and oxygen atoms in total. The fraction of sp³-hybridized carbons (Fsp3) is 0.208. The van der Waals surface area contributed by atoms with Crippen molar-refractivity contribution in [2.45, 2.75) is 46.3 Å². The van der Waals surface area contributed by atoms with Gasteiger partial charge in [-0.05, 0) is 78.1 Å². The second kappa shape index (κ2) is 21.4. The highest BCUT2D eigenvalue weighted by molar-refractivity contribution is 5.85. The zero-order valence-electron chi connectivity index (χ0n) is 32.6. The zero-order chi connectivity index (χ0) is 38.7. The molecule has 0 saturated heterocycles. The molecule has 55 heavy (non-hydrogen) atoms. The molecule has 6 aromatic carbocycles. The molecule has 0 N–H and O–H groups in total. The fourth-order valence-electron chi connectivity index (χ4n) is 6.10. The average Bonchev–Trinajstić information content (AvgIpc) is 3.22. The number of methoxy groups -OCH3 is 3. The predicted molar refractivity (Wildman–Crippen MR) is 227 cm³/mol. The lowest BCUT2D eigenvalue weighted by molar-refractivity contribution is 0.270. The quantitative estimate of drug-likeness (QED) is 0.0732. The van der Waals surface area contributed by atoms with E-state index in [1.165, 1.54) is 22.3 Å². The minimum atomic E-state index is 0.737. The number of hydrogen-bond donors (Lipinski definition) is 0. The number of rotatable bonds is 16. The third kappa shape index (κ3) is 13.2. The molecule has 0 radical (unpaired) electrons. The molecule has 0 bridgehead atoms. The maximum atomic E-state index is 5.42. The number of anilines is 1. The van der Waals surface area contributed by atoms with E-state index in [2.05, 4.69) is 127 Å². The highest BCUT2D eigenvalue weighted by Crippen LogP contribution is 2.28. The summed E-state index contributed by atoms with van der Waals surface area (Å²) in [5.41, 5.74) is 9.28. The van der Waals surface area contributed by atoms with Crippen LogP contribution in [0.3, 0.4) is 0 Å². The molecular weight excluding hydrogens is 681 g/mol. The van der Waals surface area contributed by atoms with Crippen LogP contribution in [-0.2, 0) is 32.5 Å². The summed E-state index contributed by atoms with van der Waals surface area (Å²) in [6.45, 7) is 6.41. The van der Waals surface area contributed by atoms with Crippen LogP contribution >= 0.6 is 0 Å². The van der Waals surface area contributed by atoms with E-state index in [1.807, 2.05) is 60.7 Å². The van der Waals surface area contributed by atoms with Crippen LogP contribution in [0.1, 0.15) is 41.7 Å². The van der Waals surface area contributed by atoms with Crippen molar-refractivity contribution in [1.29, 1.82) is 0 Å². The Labute approximate surface area is 327 Å². The fourth-order valence-corrected chi connectivity index (χ4v) is 6.10. The van der Waals surface area contributed by atoms with Crippen LogP contribution in [0.5, 0.6) is 17.2 Å². The zero-order valence-corrected chi connectivity index (χ0v) is 32.6. The Hall–Kier alpha value is -6.34. The standard InChI is InChI=1S/C25H28N2O2.C23H24N2O/c1-20(16-23-14-15-24(28-2)25(17-23)29-3)26-27(18-21-10-6-4-7-11-21)19-22-12-8-5-9-13-22;1-19(17-20-13-15-23(26-2)16-14-20)24-25(22-11-7-4-8-12-22)18-21-9-5-3-6-10-21/h4-15,17H,16,18-19H2,1-3H3;3-16H,17-18H2,1-2H3/b26-20-;24-19+. The minimum absolute atomic E-state index is 0.737. The summed E-state index contributed by atoms with van der Waals surface area (Å²) in [4.78, 5) is 0. The predicted octanol–water partition coefficient (Wildman–Crippen LogP) is 10.6. The molecule has 0 aliphatic rings. The molecule has 6 aromatic rings. The van der Waals surface area contributed by atoms with Crippen molar-refractivity contribution in [2.24, 2.45) is 10.2 Å². The van der Waals surface area contributed by atoms with E-state index in [0.29, 0.717) is 0 Å². The van der Waals surface area contributed by atoms with Gasteiger partial charge in [0.1, 0.15) is 5.75 Å². The van der Waals surface area contributed by atoms with Gasteiger partial charge in [-0.2, -0.15) is 10.2 Å². The summed E-state index contributed by atoms with van der Waals surface area (Å²) < 4.78 is 16.0. The smallest absolute Gasteiger partial charge is 0.160 e. The Bertz CT molecular complexity index is 2010. The van der Waals surface area contributed by atoms with Crippen LogP contribution < -0.4 is 19.2 Å². The van der Waals surface area contributed by atoms with Gasteiger partial charge in [-0.1, -0.05) is 127 Å². The van der Waals surface area contributed by atoms with Crippen LogP contribution in [0.25, 0.3) is 0 Å². The van der Waals surface area contributed by atoms with E-state index >= 15 is 0 Å². The van der Waals surface area contributed by atoms with Crippen molar-refractivity contribution in [3.05, 3.63) is 192 Å². The largest absolute Gasteiger partial charge is 0.497 e. The Morgan fingerprint density at radius 3 is 1.40 bits per heavy atom. The molecule has 0 spiro atoms. The maximum absolute atomic E-state index is 5.42. The molecule has 0 aliphatic heterocycles. The van der Waals surface area contributed by atoms with E-state index in [9.17, 15) is 0 Å². The summed E-state index contributed by atoms with van der Waals surface area (Å²) >= 11 is 0. The number of para-hydroxylation sites is 1. The Morgan fingerprint density at radius 1 is 0.436 bits per heavy atom. The van der Waals surface area contributed by atoms with Gasteiger partial charge in [-0.25, -0.2) is 0 Å². The number of nitrogens with zero attached hydrogens (tertiary/aromatic N) is 4. The first-order valence-corrected chi connectivity index (χ1v) is 18.5. The van der Waals surface area contributed by atoms with Gasteiger partial charge < -0.3 is 14.2 Å². The Kier molecular flexibility index (Phi) is 15.5. The van der Waals surface area contributed by atoms with E-state index in [1.54, 1.807) is 21.3 Å². The van der Waals surface area contributed by atoms with Gasteiger partial charge in [-0.3, -0.25) is 10.0 Å². The topological polar surface area (TPSA) is 58.9 Å². The van der Waals surface area contributed by atoms with Crippen LogP contribution in [-0.4, -0.2) is 37.8 Å². The number of benzene rings is 6. The maximum Gasteiger partial charge on any atom is 0.160 e. The summed E-state index contributed by atoms with van der Waals surface area (Å²) in [5.74, 6) is 2.35. The van der Waals surface area contributed by atoms with Crippen LogP contribution in [0.15, 0.2) is 174 Å². The van der Waals surface area contributed by atoms with Crippen LogP contribution in [0, 0.1) is 0 Å². The Morgan fingerprint density at radius 2 is 0.891 bits per heavy atom. The Balaban J connectivity index is 0.000000212. The average molecular weight is 733 g/mol. The van der Waals surface area contributed by atoms with Gasteiger partial charge in [0.05, 0.1) is 46.7 Å². The molecular formula is C48H52N4O3. The molecule has 0 heterocycles. The van der Waals surface area contributed by atoms with Gasteiger partial charge >= 0.3 is 0 Å². The van der Waals surface area contributed by atoms with Crippen molar-refractivity contribution in [3.63, 3.8) is 0 Å². The highest BCUT2D eigenvalue weighted by atomic mass is 16.5. The third-order valence-corrected chi connectivity index (χ3v) is 8.78. The van der Waals surface area contributed by atoms with Gasteiger partial charge in [0.15, 0.2) is 11.5 Å². The van der Waals surface area contributed by atoms with Gasteiger partial charge in [0.25, 0.3) is 0 Å². The van der Waals surface area contributed by atoms with E-state index in [4.69, 9.17) is 24.4 Å². The van der Waals surface area contributed by atoms with E-state index in [-0.39, 0.29) is 0 Å². The van der Waals surface area contributed by atoms with Crippen molar-refractivity contribution in [2.75, 3.05) is 26.3 Å². The van der Waals surface area contributed by atoms with Crippen LogP contribution in [0.4, 0.5) is 5.69 Å². The summed E-state index contributed by atoms with van der Waals surface area (Å²) in [7, 11) is 4.99. The van der Waals surface area contributed by atoms with Crippen molar-refractivity contribution < 1.29 is 14.2 Å². The molecule has 0 aliphatic carbocycles. The summed E-state index contributed by atoms with van der Waals surface area (Å²) in [6, 6.07) is 55.7. The van der Waals surface area contributed by atoms with Crippen molar-refractivity contribution >= 4 is 17.1 Å². The molecule has 0 amide bonds. The van der Waals surface area contributed by atoms with E-state index < -0.39 is 0 Å². The second-order valence-electron chi connectivity index (χ2n) is 13.2. The molecule has 0 aromatic heterocycles. The molecule has 6 rings (SSSR count). The highest BCUT2D eigenvalue weighted by Gasteiger charge is 2.10. The molecule has 0 atom stereocenters. The number of ether oxygens (including phenoxy) is 3. The first-order chi connectivity index (χ1) is 26.9. The normalized spacial score (nSPS) is 11.2. The van der Waals surface area contributed by atoms with Crippen molar-refractivity contribution in [1.82, 2.24) is 5.01 Å². The lowest BCUT2D eigenvalue weighted by atomic mass is 10.1. The van der Waals surface area contributed by atoms with Crippen LogP contribution in [0.2, 0.25) is 0 Å². The van der Waals surface area contributed by atoms with Gasteiger partial charge in [0, 0.05) is 24.3 Å². The number of hydrogen-bond acceptors (Lipinski definition) is 7. The third-order valence-electron chi connectivity index (χ3n) is 8.78. The monoisotopic (exact) mass is 732 g/mol. The number of hydrazone groups is 2. The van der Waals surface area contributed by atoms with Crippen molar-refractivity contribution in [3.8, 4) is 17.2 Å². The van der Waals surface area contributed by atoms with E-state index in [0.717, 1.165) is 72.4 Å². The second-order valence-corrected chi connectivity index (χ2v) is 13.2. The molecule has 0 saturated carbocycles. The molecule has 7 heteroatoms. The summed E-state index contributed by atoms with van der Waals surface area (Å²) in [6.07, 6.45) is 1.56. The SMILES string of the molecule is COc1ccc(C/C(C)=N/N(Cc2ccccc2)c2ccccc2)cc1.COc1ccc(C/C(C)=N\N(Cc2ccccc2)Cc2ccccc2)cc1OC. The van der Waals surface area contributed by atoms with Gasteiger partial charge in [0.2, 0.25) is 0 Å². The molecule has 0 fully saturated rings. The minimum Gasteiger partial charge on any atom is -0.497 e. The molecule has 0 unspecified atom stereocenters. The lowest BCUT2D eigenvalue weighted by Gasteiger charge is -2.21. The summed E-state index contributed by atoms with van der Waals surface area (Å²) in [5, 5.41) is 14.0. The van der Waals surface area contributed by atoms with Gasteiger partial charge in [-0.15, -0.1) is 0 Å².